The van der Waals surface area contributed by atoms with Gasteiger partial charge < -0.3 is 14.8 Å². The van der Waals surface area contributed by atoms with Crippen LogP contribution < -0.4 is 19.5 Å². The average molecular weight is 376 g/mol. The molecular formula is C18H20N2O5S. The van der Waals surface area contributed by atoms with E-state index in [1.807, 2.05) is 6.92 Å². The summed E-state index contributed by atoms with van der Waals surface area (Å²) in [5.41, 5.74) is 1.45. The second-order valence-corrected chi connectivity index (χ2v) is 7.72. The summed E-state index contributed by atoms with van der Waals surface area (Å²) in [5.74, 6) is 0.682. The highest BCUT2D eigenvalue weighted by atomic mass is 32.2. The van der Waals surface area contributed by atoms with Gasteiger partial charge in [-0.3, -0.25) is 4.79 Å². The molecule has 3 rings (SSSR count). The van der Waals surface area contributed by atoms with Crippen LogP contribution in [0.4, 0.5) is 5.69 Å². The molecule has 1 aliphatic heterocycles. The number of carbonyl (C=O) groups excluding carboxylic acids is 1. The van der Waals surface area contributed by atoms with Gasteiger partial charge in [0.05, 0.1) is 10.9 Å². The zero-order valence-corrected chi connectivity index (χ0v) is 15.3. The Bertz CT molecular complexity index is 910. The molecule has 1 atom stereocenters. The first-order valence-corrected chi connectivity index (χ1v) is 9.63. The maximum Gasteiger partial charge on any atom is 0.242 e. The summed E-state index contributed by atoms with van der Waals surface area (Å²) in [6, 6.07) is 10.5. The molecule has 0 spiro atoms. The molecule has 1 aliphatic rings. The second-order valence-electron chi connectivity index (χ2n) is 6.00. The predicted molar refractivity (Wildman–Crippen MR) is 97.0 cm³/mol. The van der Waals surface area contributed by atoms with Crippen molar-refractivity contribution in [1.82, 2.24) is 4.72 Å². The van der Waals surface area contributed by atoms with Crippen molar-refractivity contribution in [2.75, 3.05) is 18.5 Å². The maximum atomic E-state index is 12.4. The highest BCUT2D eigenvalue weighted by Crippen LogP contribution is 2.32. The van der Waals surface area contributed by atoms with E-state index in [0.717, 1.165) is 5.56 Å². The fourth-order valence-corrected chi connectivity index (χ4v) is 3.65. The molecule has 138 valence electrons. The molecule has 26 heavy (non-hydrogen) atoms. The first-order chi connectivity index (χ1) is 12.3. The Hall–Kier alpha value is -2.58. The molecule has 1 amide bonds. The zero-order chi connectivity index (χ0) is 18.7. The lowest BCUT2D eigenvalue weighted by Crippen LogP contribution is -2.41. The lowest BCUT2D eigenvalue weighted by Gasteiger charge is -2.19. The molecule has 2 aromatic rings. The van der Waals surface area contributed by atoms with E-state index in [1.165, 1.54) is 19.1 Å². The number of ether oxygens (including phenoxy) is 2. The van der Waals surface area contributed by atoms with Crippen molar-refractivity contribution in [2.24, 2.45) is 0 Å². The third-order valence-corrected chi connectivity index (χ3v) is 5.42. The molecule has 0 radical (unpaired) electrons. The van der Waals surface area contributed by atoms with Crippen LogP contribution in [0.2, 0.25) is 0 Å². The van der Waals surface area contributed by atoms with E-state index in [0.29, 0.717) is 30.4 Å². The number of nitrogens with one attached hydrogen (secondary N) is 2. The third-order valence-electron chi connectivity index (χ3n) is 3.87. The molecule has 8 heteroatoms. The Morgan fingerprint density at radius 3 is 2.38 bits per heavy atom. The molecule has 0 saturated carbocycles. The van der Waals surface area contributed by atoms with Gasteiger partial charge in [-0.15, -0.1) is 0 Å². The van der Waals surface area contributed by atoms with Gasteiger partial charge in [-0.2, -0.15) is 4.72 Å². The molecule has 7 nitrogen and oxygen atoms in total. The van der Waals surface area contributed by atoms with E-state index in [2.05, 4.69) is 10.0 Å². The van der Waals surface area contributed by atoms with Crippen LogP contribution in [0.5, 0.6) is 11.5 Å². The van der Waals surface area contributed by atoms with Crippen molar-refractivity contribution >= 4 is 21.6 Å². The third kappa shape index (κ3) is 4.14. The van der Waals surface area contributed by atoms with E-state index >= 15 is 0 Å². The summed E-state index contributed by atoms with van der Waals surface area (Å²) < 4.78 is 38.0. The Morgan fingerprint density at radius 1 is 1.04 bits per heavy atom. The van der Waals surface area contributed by atoms with Gasteiger partial charge in [-0.05, 0) is 38.1 Å². The molecule has 2 aromatic carbocycles. The number of carbonyl (C=O) groups is 1. The Kier molecular flexibility index (Phi) is 5.15. The van der Waals surface area contributed by atoms with Gasteiger partial charge in [0.15, 0.2) is 11.5 Å². The van der Waals surface area contributed by atoms with E-state index in [1.54, 1.807) is 30.3 Å². The van der Waals surface area contributed by atoms with Gasteiger partial charge in [-0.1, -0.05) is 17.7 Å². The Labute approximate surface area is 152 Å². The number of benzene rings is 2. The number of fused-ring (bicyclic) bond motifs is 1. The highest BCUT2D eigenvalue weighted by Gasteiger charge is 2.22. The summed E-state index contributed by atoms with van der Waals surface area (Å²) in [4.78, 5) is 12.4. The fourth-order valence-electron chi connectivity index (χ4n) is 2.44. The standard InChI is InChI=1S/C18H20N2O5S/c1-12-3-6-15(7-4-12)26(22,23)20-13(2)18(21)19-14-5-8-16-17(11-14)25-10-9-24-16/h3-8,11,13,20H,9-10H2,1-2H3,(H,19,21). The lowest BCUT2D eigenvalue weighted by molar-refractivity contribution is -0.117. The van der Waals surface area contributed by atoms with Crippen molar-refractivity contribution in [3.05, 3.63) is 48.0 Å². The van der Waals surface area contributed by atoms with Crippen molar-refractivity contribution in [2.45, 2.75) is 24.8 Å². The van der Waals surface area contributed by atoms with Crippen molar-refractivity contribution in [3.8, 4) is 11.5 Å². The molecule has 2 N–H and O–H groups in total. The van der Waals surface area contributed by atoms with Crippen LogP contribution in [-0.2, 0) is 14.8 Å². The summed E-state index contributed by atoms with van der Waals surface area (Å²) >= 11 is 0. The van der Waals surface area contributed by atoms with E-state index < -0.39 is 22.0 Å². The molecule has 0 saturated heterocycles. The van der Waals surface area contributed by atoms with Crippen LogP contribution in [0.25, 0.3) is 0 Å². The number of aryl methyl sites for hydroxylation is 1. The first kappa shape index (κ1) is 18.2. The second kappa shape index (κ2) is 7.35. The maximum absolute atomic E-state index is 12.4. The largest absolute Gasteiger partial charge is 0.486 e. The monoisotopic (exact) mass is 376 g/mol. The van der Waals surface area contributed by atoms with Gasteiger partial charge in [0.1, 0.15) is 13.2 Å². The lowest BCUT2D eigenvalue weighted by atomic mass is 10.2. The van der Waals surface area contributed by atoms with Crippen LogP contribution in [0.3, 0.4) is 0 Å². The molecule has 0 aromatic heterocycles. The van der Waals surface area contributed by atoms with Gasteiger partial charge in [0.2, 0.25) is 15.9 Å². The summed E-state index contributed by atoms with van der Waals surface area (Å²) in [5, 5.41) is 2.67. The summed E-state index contributed by atoms with van der Waals surface area (Å²) in [7, 11) is -3.78. The van der Waals surface area contributed by atoms with Crippen molar-refractivity contribution < 1.29 is 22.7 Å². The SMILES string of the molecule is Cc1ccc(S(=O)(=O)NC(C)C(=O)Nc2ccc3c(c2)OCCO3)cc1. The number of rotatable bonds is 5. The van der Waals surface area contributed by atoms with Crippen molar-refractivity contribution in [1.29, 1.82) is 0 Å². The van der Waals surface area contributed by atoms with Crippen LogP contribution in [-0.4, -0.2) is 33.6 Å². The van der Waals surface area contributed by atoms with E-state index in [-0.39, 0.29) is 4.90 Å². The Balaban J connectivity index is 1.67. The van der Waals surface area contributed by atoms with Crippen LogP contribution in [0.15, 0.2) is 47.4 Å². The quantitative estimate of drug-likeness (QED) is 0.833. The molecule has 1 unspecified atom stereocenters. The van der Waals surface area contributed by atoms with Gasteiger partial charge in [0.25, 0.3) is 0 Å². The van der Waals surface area contributed by atoms with Crippen LogP contribution in [0.1, 0.15) is 12.5 Å². The molecule has 0 fully saturated rings. The fraction of sp³-hybridized carbons (Fsp3) is 0.278. The molecule has 0 aliphatic carbocycles. The normalized spacial score (nSPS) is 14.5. The topological polar surface area (TPSA) is 93.7 Å². The zero-order valence-electron chi connectivity index (χ0n) is 14.5. The number of hydrogen-bond donors (Lipinski definition) is 2. The summed E-state index contributed by atoms with van der Waals surface area (Å²) in [6.45, 7) is 4.28. The Morgan fingerprint density at radius 2 is 1.69 bits per heavy atom. The van der Waals surface area contributed by atoms with Gasteiger partial charge in [-0.25, -0.2) is 8.42 Å². The van der Waals surface area contributed by atoms with E-state index in [9.17, 15) is 13.2 Å². The molecule has 1 heterocycles. The number of hydrogen-bond acceptors (Lipinski definition) is 5. The smallest absolute Gasteiger partial charge is 0.242 e. The number of anilines is 1. The van der Waals surface area contributed by atoms with Crippen LogP contribution in [0, 0.1) is 6.92 Å². The van der Waals surface area contributed by atoms with Crippen LogP contribution >= 0.6 is 0 Å². The molecule has 0 bridgehead atoms. The number of sulfonamides is 1. The number of amides is 1. The van der Waals surface area contributed by atoms with Crippen molar-refractivity contribution in [3.63, 3.8) is 0 Å². The minimum Gasteiger partial charge on any atom is -0.486 e. The molecular weight excluding hydrogens is 356 g/mol. The van der Waals surface area contributed by atoms with E-state index in [4.69, 9.17) is 9.47 Å². The minimum absolute atomic E-state index is 0.113. The average Bonchev–Trinajstić information content (AvgIpc) is 2.61. The predicted octanol–water partition coefficient (Wildman–Crippen LogP) is 2.07. The highest BCUT2D eigenvalue weighted by molar-refractivity contribution is 7.89. The minimum atomic E-state index is -3.78. The van der Waals surface area contributed by atoms with Gasteiger partial charge >= 0.3 is 0 Å². The van der Waals surface area contributed by atoms with Gasteiger partial charge in [0, 0.05) is 11.8 Å². The first-order valence-electron chi connectivity index (χ1n) is 8.15. The summed E-state index contributed by atoms with van der Waals surface area (Å²) in [6.07, 6.45) is 0.